The van der Waals surface area contributed by atoms with Crippen LogP contribution in [-0.2, 0) is 23.8 Å². The molecule has 1 unspecified atom stereocenters. The molecular formula is C13H18O5Si. The maximum absolute atomic E-state index is 11.0. The van der Waals surface area contributed by atoms with Crippen LogP contribution >= 0.6 is 0 Å². The van der Waals surface area contributed by atoms with E-state index in [0.29, 0.717) is 9.52 Å². The van der Waals surface area contributed by atoms with E-state index in [1.165, 1.54) is 13.8 Å². The van der Waals surface area contributed by atoms with Crippen molar-refractivity contribution in [3.8, 4) is 0 Å². The summed E-state index contributed by atoms with van der Waals surface area (Å²) in [5, 5.41) is 0. The third-order valence-electron chi connectivity index (χ3n) is 2.38. The number of hydrogen-bond donors (Lipinski definition) is 0. The first-order valence-corrected chi connectivity index (χ1v) is 7.30. The number of allylic oxidation sites excluding steroid dienone is 1. The maximum atomic E-state index is 11.0. The standard InChI is InChI=1S/C13H18O5Si/c1-4-7-19-13-6-5-11(17-10(3)15)12(18-13)8-16-9(2)14/h4-6,11-13H,1,7-8H2,2-3H3/t11-,12+,13?/m0/s1. The minimum Gasteiger partial charge on any atom is -0.463 e. The summed E-state index contributed by atoms with van der Waals surface area (Å²) in [5.41, 5.74) is -0.0506. The summed E-state index contributed by atoms with van der Waals surface area (Å²) in [6.45, 7) is 6.41. The van der Waals surface area contributed by atoms with Gasteiger partial charge >= 0.3 is 11.9 Å². The molecule has 0 spiro atoms. The van der Waals surface area contributed by atoms with E-state index >= 15 is 0 Å². The van der Waals surface area contributed by atoms with Gasteiger partial charge in [-0.1, -0.05) is 12.2 Å². The molecule has 1 heterocycles. The lowest BCUT2D eigenvalue weighted by molar-refractivity contribution is -0.160. The summed E-state index contributed by atoms with van der Waals surface area (Å²) in [5.74, 6) is -0.775. The summed E-state index contributed by atoms with van der Waals surface area (Å²) >= 11 is 0. The summed E-state index contributed by atoms with van der Waals surface area (Å²) in [4.78, 5) is 21.9. The highest BCUT2D eigenvalue weighted by Crippen LogP contribution is 2.17. The molecule has 3 atom stereocenters. The van der Waals surface area contributed by atoms with E-state index < -0.39 is 18.2 Å². The summed E-state index contributed by atoms with van der Waals surface area (Å²) < 4.78 is 15.8. The molecule has 0 aromatic rings. The van der Waals surface area contributed by atoms with Crippen molar-refractivity contribution in [1.29, 1.82) is 0 Å². The van der Waals surface area contributed by atoms with E-state index in [0.717, 1.165) is 6.04 Å². The van der Waals surface area contributed by atoms with Crippen LogP contribution in [0.1, 0.15) is 13.8 Å². The molecule has 104 valence electrons. The molecule has 0 aromatic heterocycles. The highest BCUT2D eigenvalue weighted by atomic mass is 28.2. The number of esters is 2. The molecule has 0 saturated heterocycles. The Morgan fingerprint density at radius 1 is 1.37 bits per heavy atom. The monoisotopic (exact) mass is 282 g/mol. The van der Waals surface area contributed by atoms with Crippen molar-refractivity contribution < 1.29 is 23.8 Å². The lowest BCUT2D eigenvalue weighted by Crippen LogP contribution is -2.42. The summed E-state index contributed by atoms with van der Waals surface area (Å²) in [6, 6.07) is 0.855. The zero-order valence-electron chi connectivity index (χ0n) is 11.1. The minimum atomic E-state index is -0.512. The first-order chi connectivity index (χ1) is 9.02. The SMILES string of the molecule is C=CC[Si]C1C=C[C@H](OC(C)=O)[C@@H](COC(C)=O)O1. The molecule has 0 N–H and O–H groups in total. The molecule has 0 amide bonds. The Hall–Kier alpha value is -1.40. The number of carbonyl (C=O) groups is 2. The predicted octanol–water partition coefficient (Wildman–Crippen LogP) is 1.07. The van der Waals surface area contributed by atoms with E-state index in [1.807, 2.05) is 12.2 Å². The van der Waals surface area contributed by atoms with Crippen molar-refractivity contribution in [2.45, 2.75) is 37.8 Å². The van der Waals surface area contributed by atoms with E-state index in [4.69, 9.17) is 14.2 Å². The van der Waals surface area contributed by atoms with Gasteiger partial charge in [0.15, 0.2) is 0 Å². The van der Waals surface area contributed by atoms with Gasteiger partial charge in [-0.2, -0.15) is 0 Å². The van der Waals surface area contributed by atoms with Gasteiger partial charge in [0.1, 0.15) is 18.8 Å². The lowest BCUT2D eigenvalue weighted by atomic mass is 10.1. The van der Waals surface area contributed by atoms with Gasteiger partial charge in [0.05, 0.1) is 15.2 Å². The van der Waals surface area contributed by atoms with Gasteiger partial charge < -0.3 is 14.2 Å². The zero-order valence-corrected chi connectivity index (χ0v) is 12.1. The van der Waals surface area contributed by atoms with Crippen LogP contribution in [0.3, 0.4) is 0 Å². The summed E-state index contributed by atoms with van der Waals surface area (Å²) in [7, 11) is 0.544. The van der Waals surface area contributed by atoms with Gasteiger partial charge in [0.25, 0.3) is 0 Å². The van der Waals surface area contributed by atoms with E-state index in [1.54, 1.807) is 6.08 Å². The quantitative estimate of drug-likeness (QED) is 0.414. The largest absolute Gasteiger partial charge is 0.463 e. The Balaban J connectivity index is 2.62. The van der Waals surface area contributed by atoms with Crippen molar-refractivity contribution in [3.05, 3.63) is 24.8 Å². The molecule has 5 nitrogen and oxygen atoms in total. The molecule has 6 heteroatoms. The van der Waals surface area contributed by atoms with Gasteiger partial charge in [-0.05, 0) is 12.1 Å². The topological polar surface area (TPSA) is 61.8 Å². The second kappa shape index (κ2) is 7.91. The molecule has 0 aliphatic carbocycles. The predicted molar refractivity (Wildman–Crippen MR) is 70.7 cm³/mol. The molecule has 1 aliphatic rings. The molecular weight excluding hydrogens is 264 g/mol. The first kappa shape index (κ1) is 15.7. The van der Waals surface area contributed by atoms with Crippen LogP contribution in [0.2, 0.25) is 6.04 Å². The average molecular weight is 282 g/mol. The highest BCUT2D eigenvalue weighted by molar-refractivity contribution is 6.38. The van der Waals surface area contributed by atoms with Crippen molar-refractivity contribution in [1.82, 2.24) is 0 Å². The third-order valence-corrected chi connectivity index (χ3v) is 3.63. The number of ether oxygens (including phenoxy) is 3. The van der Waals surface area contributed by atoms with Crippen LogP contribution in [0.4, 0.5) is 0 Å². The molecule has 0 aromatic carbocycles. The van der Waals surface area contributed by atoms with Crippen LogP contribution < -0.4 is 0 Å². The second-order valence-corrected chi connectivity index (χ2v) is 5.44. The van der Waals surface area contributed by atoms with Crippen LogP contribution in [0.5, 0.6) is 0 Å². The first-order valence-electron chi connectivity index (χ1n) is 6.01. The maximum Gasteiger partial charge on any atom is 0.303 e. The molecule has 0 bridgehead atoms. The Labute approximate surface area is 115 Å². The van der Waals surface area contributed by atoms with Gasteiger partial charge in [0, 0.05) is 13.8 Å². The number of rotatable bonds is 6. The molecule has 0 saturated carbocycles. The van der Waals surface area contributed by atoms with E-state index in [2.05, 4.69) is 6.58 Å². The molecule has 1 aliphatic heterocycles. The van der Waals surface area contributed by atoms with Crippen LogP contribution in [0.15, 0.2) is 24.8 Å². The van der Waals surface area contributed by atoms with Crippen LogP contribution in [-0.4, -0.2) is 46.0 Å². The van der Waals surface area contributed by atoms with Crippen molar-refractivity contribution >= 4 is 21.5 Å². The number of carbonyl (C=O) groups excluding carboxylic acids is 2. The van der Waals surface area contributed by atoms with E-state index in [9.17, 15) is 9.59 Å². The molecule has 2 radical (unpaired) electrons. The Morgan fingerprint density at radius 3 is 2.68 bits per heavy atom. The van der Waals surface area contributed by atoms with Crippen LogP contribution in [0, 0.1) is 0 Å². The van der Waals surface area contributed by atoms with Crippen molar-refractivity contribution in [2.75, 3.05) is 6.61 Å². The Morgan fingerprint density at radius 2 is 2.11 bits per heavy atom. The van der Waals surface area contributed by atoms with Crippen molar-refractivity contribution in [2.24, 2.45) is 0 Å². The second-order valence-electron chi connectivity index (χ2n) is 4.05. The minimum absolute atomic E-state index is 0.0506. The molecule has 0 fully saturated rings. The fraction of sp³-hybridized carbons (Fsp3) is 0.538. The van der Waals surface area contributed by atoms with Gasteiger partial charge in [-0.15, -0.1) is 6.58 Å². The smallest absolute Gasteiger partial charge is 0.303 e. The zero-order chi connectivity index (χ0) is 14.3. The summed E-state index contributed by atoms with van der Waals surface area (Å²) in [6.07, 6.45) is 4.52. The lowest BCUT2D eigenvalue weighted by Gasteiger charge is -2.31. The van der Waals surface area contributed by atoms with Crippen LogP contribution in [0.25, 0.3) is 0 Å². The van der Waals surface area contributed by atoms with Gasteiger partial charge in [0.2, 0.25) is 0 Å². The van der Waals surface area contributed by atoms with Gasteiger partial charge in [-0.3, -0.25) is 9.59 Å². The average Bonchev–Trinajstić information content (AvgIpc) is 2.35. The number of hydrogen-bond acceptors (Lipinski definition) is 5. The molecule has 19 heavy (non-hydrogen) atoms. The van der Waals surface area contributed by atoms with Gasteiger partial charge in [-0.25, -0.2) is 0 Å². The Kier molecular flexibility index (Phi) is 6.51. The molecule has 1 rings (SSSR count). The van der Waals surface area contributed by atoms with E-state index in [-0.39, 0.29) is 18.3 Å². The fourth-order valence-corrected chi connectivity index (χ4v) is 2.52. The third kappa shape index (κ3) is 5.85. The normalized spacial score (nSPS) is 25.7. The fourth-order valence-electron chi connectivity index (χ4n) is 1.60. The highest BCUT2D eigenvalue weighted by Gasteiger charge is 2.30. The van der Waals surface area contributed by atoms with Crippen molar-refractivity contribution in [3.63, 3.8) is 0 Å². The Bertz CT molecular complexity index is 366.